The number of imidazole rings is 1. The summed E-state index contributed by atoms with van der Waals surface area (Å²) in [6, 6.07) is 14.1. The van der Waals surface area contributed by atoms with E-state index in [0.717, 1.165) is 35.4 Å². The van der Waals surface area contributed by atoms with Gasteiger partial charge in [-0.05, 0) is 55.7 Å². The van der Waals surface area contributed by atoms with Gasteiger partial charge in [0.15, 0.2) is 0 Å². The Morgan fingerprint density at radius 1 is 1.12 bits per heavy atom. The van der Waals surface area contributed by atoms with Crippen LogP contribution in [-0.4, -0.2) is 27.4 Å². The van der Waals surface area contributed by atoms with Crippen molar-refractivity contribution in [3.8, 4) is 5.75 Å². The highest BCUT2D eigenvalue weighted by molar-refractivity contribution is 5.75. The number of hydrogen-bond donors (Lipinski definition) is 1. The molecule has 1 heterocycles. The van der Waals surface area contributed by atoms with Crippen molar-refractivity contribution in [3.05, 3.63) is 59.4 Å². The number of rotatable bonds is 7. The molecule has 0 amide bonds. The smallest absolute Gasteiger partial charge is 0.119 e. The summed E-state index contributed by atoms with van der Waals surface area (Å²) in [4.78, 5) is 4.71. The maximum atomic E-state index is 10.5. The normalized spacial score (nSPS) is 12.5. The fraction of sp³-hybridized carbons (Fsp3) is 0.381. The Bertz CT molecular complexity index is 854. The summed E-state index contributed by atoms with van der Waals surface area (Å²) in [5.41, 5.74) is 4.48. The summed E-state index contributed by atoms with van der Waals surface area (Å²) in [6.45, 7) is 7.03. The van der Waals surface area contributed by atoms with Gasteiger partial charge in [0.25, 0.3) is 0 Å². The van der Waals surface area contributed by atoms with Crippen LogP contribution in [0.3, 0.4) is 0 Å². The molecule has 0 bridgehead atoms. The van der Waals surface area contributed by atoms with Crippen LogP contribution in [0.1, 0.15) is 30.3 Å². The van der Waals surface area contributed by atoms with E-state index in [9.17, 15) is 5.11 Å². The van der Waals surface area contributed by atoms with E-state index in [1.807, 2.05) is 36.4 Å². The molecule has 25 heavy (non-hydrogen) atoms. The molecule has 0 fully saturated rings. The lowest BCUT2D eigenvalue weighted by Crippen LogP contribution is -2.24. The molecule has 1 atom stereocenters. The zero-order valence-corrected chi connectivity index (χ0v) is 15.2. The van der Waals surface area contributed by atoms with Gasteiger partial charge in [-0.15, -0.1) is 0 Å². The third kappa shape index (κ3) is 4.02. The van der Waals surface area contributed by atoms with Crippen LogP contribution < -0.4 is 4.74 Å². The first-order valence-corrected chi connectivity index (χ1v) is 8.90. The van der Waals surface area contributed by atoms with Crippen LogP contribution in [0.5, 0.6) is 5.75 Å². The molecular formula is C21H26N2O2. The maximum Gasteiger partial charge on any atom is 0.119 e. The summed E-state index contributed by atoms with van der Waals surface area (Å²) in [5.74, 6) is 1.82. The SMILES string of the molecule is CCCc1nc2ccccc2n1CC(O)COc1ccc(C)c(C)c1. The number of nitrogens with zero attached hydrogens (tertiary/aromatic N) is 2. The van der Waals surface area contributed by atoms with Gasteiger partial charge in [-0.2, -0.15) is 0 Å². The van der Waals surface area contributed by atoms with E-state index in [1.54, 1.807) is 0 Å². The molecule has 1 aromatic heterocycles. The average molecular weight is 338 g/mol. The molecule has 0 aliphatic rings. The molecule has 1 N–H and O–H groups in total. The van der Waals surface area contributed by atoms with Crippen LogP contribution in [-0.2, 0) is 13.0 Å². The molecule has 4 heteroatoms. The zero-order valence-electron chi connectivity index (χ0n) is 15.2. The van der Waals surface area contributed by atoms with Crippen molar-refractivity contribution >= 4 is 11.0 Å². The van der Waals surface area contributed by atoms with Gasteiger partial charge in [-0.3, -0.25) is 0 Å². The number of aryl methyl sites for hydroxylation is 3. The molecule has 0 aliphatic carbocycles. The van der Waals surface area contributed by atoms with E-state index < -0.39 is 6.10 Å². The summed E-state index contributed by atoms with van der Waals surface area (Å²) >= 11 is 0. The first-order chi connectivity index (χ1) is 12.1. The maximum absolute atomic E-state index is 10.5. The predicted molar refractivity (Wildman–Crippen MR) is 101 cm³/mol. The number of aromatic nitrogens is 2. The Kier molecular flexibility index (Phi) is 5.39. The molecule has 0 aliphatic heterocycles. The number of fused-ring (bicyclic) bond motifs is 1. The molecule has 3 aromatic rings. The first kappa shape index (κ1) is 17.5. The lowest BCUT2D eigenvalue weighted by Gasteiger charge is -2.16. The van der Waals surface area contributed by atoms with E-state index >= 15 is 0 Å². The molecule has 4 nitrogen and oxygen atoms in total. The minimum atomic E-state index is -0.588. The third-order valence-corrected chi connectivity index (χ3v) is 4.52. The number of ether oxygens (including phenoxy) is 1. The minimum absolute atomic E-state index is 0.264. The highest BCUT2D eigenvalue weighted by Gasteiger charge is 2.14. The van der Waals surface area contributed by atoms with E-state index in [-0.39, 0.29) is 6.61 Å². The Balaban J connectivity index is 1.71. The standard InChI is InChI=1S/C21H26N2O2/c1-4-7-21-22-19-8-5-6-9-20(19)23(21)13-17(24)14-25-18-11-10-15(2)16(3)12-18/h5-6,8-12,17,24H,4,7,13-14H2,1-3H3. The molecule has 0 saturated heterocycles. The molecule has 0 radical (unpaired) electrons. The topological polar surface area (TPSA) is 47.3 Å². The number of aliphatic hydroxyl groups excluding tert-OH is 1. The molecule has 1 unspecified atom stereocenters. The average Bonchev–Trinajstić information content (AvgIpc) is 2.94. The van der Waals surface area contributed by atoms with Crippen molar-refractivity contribution in [3.63, 3.8) is 0 Å². The lowest BCUT2D eigenvalue weighted by molar-refractivity contribution is 0.0927. The lowest BCUT2D eigenvalue weighted by atomic mass is 10.1. The van der Waals surface area contributed by atoms with Gasteiger partial charge in [0.2, 0.25) is 0 Å². The highest BCUT2D eigenvalue weighted by atomic mass is 16.5. The summed E-state index contributed by atoms with van der Waals surface area (Å²) in [6.07, 6.45) is 1.34. The van der Waals surface area contributed by atoms with E-state index in [0.29, 0.717) is 6.54 Å². The van der Waals surface area contributed by atoms with Gasteiger partial charge >= 0.3 is 0 Å². The largest absolute Gasteiger partial charge is 0.491 e. The van der Waals surface area contributed by atoms with Crippen molar-refractivity contribution < 1.29 is 9.84 Å². The van der Waals surface area contributed by atoms with Gasteiger partial charge < -0.3 is 14.4 Å². The van der Waals surface area contributed by atoms with Crippen molar-refractivity contribution in [1.82, 2.24) is 9.55 Å². The van der Waals surface area contributed by atoms with Crippen molar-refractivity contribution in [1.29, 1.82) is 0 Å². The molecule has 3 rings (SSSR count). The Hall–Kier alpha value is -2.33. The van der Waals surface area contributed by atoms with Gasteiger partial charge in [-0.1, -0.05) is 25.1 Å². The highest BCUT2D eigenvalue weighted by Crippen LogP contribution is 2.19. The summed E-state index contributed by atoms with van der Waals surface area (Å²) in [7, 11) is 0. The number of aliphatic hydroxyl groups is 1. The molecule has 2 aromatic carbocycles. The second-order valence-electron chi connectivity index (χ2n) is 6.59. The Morgan fingerprint density at radius 3 is 2.68 bits per heavy atom. The van der Waals surface area contributed by atoms with Crippen molar-refractivity contribution in [2.45, 2.75) is 46.3 Å². The van der Waals surface area contributed by atoms with Crippen LogP contribution in [0.4, 0.5) is 0 Å². The zero-order chi connectivity index (χ0) is 17.8. The summed E-state index contributed by atoms with van der Waals surface area (Å²) < 4.78 is 7.90. The fourth-order valence-corrected chi connectivity index (χ4v) is 3.00. The van der Waals surface area contributed by atoms with Crippen LogP contribution >= 0.6 is 0 Å². The van der Waals surface area contributed by atoms with Crippen LogP contribution in [0.2, 0.25) is 0 Å². The second kappa shape index (κ2) is 7.70. The minimum Gasteiger partial charge on any atom is -0.491 e. The molecule has 132 valence electrons. The molecule has 0 saturated carbocycles. The summed E-state index contributed by atoms with van der Waals surface area (Å²) in [5, 5.41) is 10.5. The quantitative estimate of drug-likeness (QED) is 0.707. The van der Waals surface area contributed by atoms with Gasteiger partial charge in [0.1, 0.15) is 24.3 Å². The molecular weight excluding hydrogens is 312 g/mol. The van der Waals surface area contributed by atoms with Gasteiger partial charge in [0.05, 0.1) is 17.6 Å². The van der Waals surface area contributed by atoms with Gasteiger partial charge in [-0.25, -0.2) is 4.98 Å². The number of para-hydroxylation sites is 2. The third-order valence-electron chi connectivity index (χ3n) is 4.52. The van der Waals surface area contributed by atoms with E-state index in [2.05, 4.69) is 31.4 Å². The number of benzene rings is 2. The number of hydrogen-bond acceptors (Lipinski definition) is 3. The van der Waals surface area contributed by atoms with Crippen LogP contribution in [0, 0.1) is 13.8 Å². The Labute approximate surface area is 149 Å². The monoisotopic (exact) mass is 338 g/mol. The second-order valence-corrected chi connectivity index (χ2v) is 6.59. The van der Waals surface area contributed by atoms with E-state index in [4.69, 9.17) is 9.72 Å². The fourth-order valence-electron chi connectivity index (χ4n) is 3.00. The van der Waals surface area contributed by atoms with Crippen molar-refractivity contribution in [2.24, 2.45) is 0 Å². The first-order valence-electron chi connectivity index (χ1n) is 8.90. The van der Waals surface area contributed by atoms with E-state index in [1.165, 1.54) is 11.1 Å². The Morgan fingerprint density at radius 2 is 1.92 bits per heavy atom. The molecule has 0 spiro atoms. The van der Waals surface area contributed by atoms with Gasteiger partial charge in [0, 0.05) is 6.42 Å². The van der Waals surface area contributed by atoms with Crippen LogP contribution in [0.25, 0.3) is 11.0 Å². The predicted octanol–water partition coefficient (Wildman–Crippen LogP) is 4.05. The van der Waals surface area contributed by atoms with Crippen molar-refractivity contribution in [2.75, 3.05) is 6.61 Å². The van der Waals surface area contributed by atoms with Crippen LogP contribution in [0.15, 0.2) is 42.5 Å².